The molecule has 1 aliphatic rings. The molecule has 5 rings (SSSR count). The number of aliphatic hydroxyl groups excluding tert-OH is 1. The van der Waals surface area contributed by atoms with Crippen LogP contribution < -0.4 is 10.6 Å². The van der Waals surface area contributed by atoms with Crippen LogP contribution in [0.3, 0.4) is 0 Å². The summed E-state index contributed by atoms with van der Waals surface area (Å²) in [7, 11) is 0. The number of hydrogen-bond acceptors (Lipinski definition) is 7. The van der Waals surface area contributed by atoms with Crippen molar-refractivity contribution in [3.63, 3.8) is 0 Å². The molecule has 8 heteroatoms. The first-order valence-corrected chi connectivity index (χ1v) is 12.4. The average Bonchev–Trinajstić information content (AvgIpc) is 3.56. The van der Waals surface area contributed by atoms with Gasteiger partial charge in [0.2, 0.25) is 5.95 Å². The highest BCUT2D eigenvalue weighted by atomic mass is 16.3. The number of anilines is 1. The number of fused-ring (bicyclic) bond motifs is 1. The molecule has 182 valence electrons. The van der Waals surface area contributed by atoms with Gasteiger partial charge in [-0.15, -0.1) is 0 Å². The van der Waals surface area contributed by atoms with Gasteiger partial charge < -0.3 is 20.3 Å². The average molecular weight is 472 g/mol. The number of nitrogens with one attached hydrogen (secondary N) is 2. The van der Waals surface area contributed by atoms with Crippen molar-refractivity contribution in [2.45, 2.75) is 57.7 Å². The molecule has 2 atom stereocenters. The third kappa shape index (κ3) is 4.76. The SMILES string of the molecule is CCC(CO)Nc1nc(C2(CCc3ccc(-c4ccccn4)cc3)CN2)c2ncn(C(C)C)c2n1. The van der Waals surface area contributed by atoms with Gasteiger partial charge >= 0.3 is 0 Å². The second kappa shape index (κ2) is 9.71. The van der Waals surface area contributed by atoms with Crippen LogP contribution in [-0.4, -0.2) is 48.8 Å². The first kappa shape index (κ1) is 23.4. The predicted octanol–water partition coefficient (Wildman–Crippen LogP) is 4.08. The van der Waals surface area contributed by atoms with Crippen molar-refractivity contribution in [1.29, 1.82) is 0 Å². The van der Waals surface area contributed by atoms with Crippen molar-refractivity contribution in [2.24, 2.45) is 0 Å². The first-order chi connectivity index (χ1) is 17.0. The lowest BCUT2D eigenvalue weighted by Crippen LogP contribution is -2.25. The highest BCUT2D eigenvalue weighted by Gasteiger charge is 2.47. The van der Waals surface area contributed by atoms with Crippen molar-refractivity contribution >= 4 is 17.1 Å². The van der Waals surface area contributed by atoms with Crippen molar-refractivity contribution in [3.05, 3.63) is 66.2 Å². The summed E-state index contributed by atoms with van der Waals surface area (Å²) in [6.45, 7) is 7.18. The Morgan fingerprint density at radius 2 is 1.91 bits per heavy atom. The lowest BCUT2D eigenvalue weighted by Gasteiger charge is -2.19. The van der Waals surface area contributed by atoms with Gasteiger partial charge in [0.05, 0.1) is 35.9 Å². The molecule has 1 aromatic carbocycles. The van der Waals surface area contributed by atoms with Crippen LogP contribution in [0.25, 0.3) is 22.4 Å². The van der Waals surface area contributed by atoms with Crippen molar-refractivity contribution in [3.8, 4) is 11.3 Å². The second-order valence-electron chi connectivity index (χ2n) is 9.59. The van der Waals surface area contributed by atoms with Gasteiger partial charge in [-0.25, -0.2) is 9.97 Å². The van der Waals surface area contributed by atoms with E-state index in [4.69, 9.17) is 15.0 Å². The van der Waals surface area contributed by atoms with Gasteiger partial charge in [0.15, 0.2) is 5.65 Å². The smallest absolute Gasteiger partial charge is 0.225 e. The molecule has 0 saturated carbocycles. The van der Waals surface area contributed by atoms with E-state index >= 15 is 0 Å². The highest BCUT2D eigenvalue weighted by Crippen LogP contribution is 2.38. The van der Waals surface area contributed by atoms with Crippen LogP contribution in [0.2, 0.25) is 0 Å². The zero-order valence-corrected chi connectivity index (χ0v) is 20.6. The monoisotopic (exact) mass is 471 g/mol. The van der Waals surface area contributed by atoms with Crippen molar-refractivity contribution in [1.82, 2.24) is 29.8 Å². The number of imidazole rings is 1. The maximum atomic E-state index is 9.70. The van der Waals surface area contributed by atoms with Gasteiger partial charge in [-0.3, -0.25) is 4.98 Å². The van der Waals surface area contributed by atoms with Crippen LogP contribution in [0, 0.1) is 0 Å². The summed E-state index contributed by atoms with van der Waals surface area (Å²) in [5, 5.41) is 16.6. The molecule has 1 aliphatic heterocycles. The zero-order chi connectivity index (χ0) is 24.4. The summed E-state index contributed by atoms with van der Waals surface area (Å²) in [6.07, 6.45) is 6.29. The van der Waals surface area contributed by atoms with E-state index in [1.54, 1.807) is 0 Å². The van der Waals surface area contributed by atoms with E-state index in [1.165, 1.54) is 5.56 Å². The molecule has 3 N–H and O–H groups in total. The van der Waals surface area contributed by atoms with Crippen LogP contribution in [-0.2, 0) is 12.0 Å². The quantitative estimate of drug-likeness (QED) is 0.299. The normalized spacial score (nSPS) is 18.2. The van der Waals surface area contributed by atoms with Crippen LogP contribution in [0.1, 0.15) is 50.9 Å². The first-order valence-electron chi connectivity index (χ1n) is 12.4. The fraction of sp³-hybridized carbons (Fsp3) is 0.407. The number of hydrogen-bond donors (Lipinski definition) is 3. The fourth-order valence-corrected chi connectivity index (χ4v) is 4.45. The summed E-state index contributed by atoms with van der Waals surface area (Å²) in [4.78, 5) is 18.9. The van der Waals surface area contributed by atoms with Gasteiger partial charge in [0, 0.05) is 24.3 Å². The Morgan fingerprint density at radius 3 is 2.54 bits per heavy atom. The lowest BCUT2D eigenvalue weighted by molar-refractivity contribution is 0.271. The standard InChI is InChI=1S/C27H33N7O/c1-4-21(15-35)31-26-32-24(23-25(33-26)34(17-29-23)18(2)3)27(16-30-27)13-12-19-8-10-20(11-9-19)22-7-5-6-14-28-22/h5-11,14,17-18,21,30,35H,4,12-13,15-16H2,1-3H3,(H,31,32,33). The van der Waals surface area contributed by atoms with Crippen LogP contribution in [0.5, 0.6) is 0 Å². The minimum Gasteiger partial charge on any atom is -0.394 e. The maximum Gasteiger partial charge on any atom is 0.225 e. The Morgan fingerprint density at radius 1 is 1.11 bits per heavy atom. The number of aromatic nitrogens is 5. The van der Waals surface area contributed by atoms with E-state index in [0.29, 0.717) is 5.95 Å². The molecule has 4 aromatic rings. The molecule has 0 radical (unpaired) electrons. The summed E-state index contributed by atoms with van der Waals surface area (Å²) in [5.41, 5.74) is 5.76. The van der Waals surface area contributed by atoms with E-state index < -0.39 is 0 Å². The predicted molar refractivity (Wildman–Crippen MR) is 138 cm³/mol. The summed E-state index contributed by atoms with van der Waals surface area (Å²) < 4.78 is 2.08. The summed E-state index contributed by atoms with van der Waals surface area (Å²) in [5.74, 6) is 0.545. The third-order valence-electron chi connectivity index (χ3n) is 6.84. The number of rotatable bonds is 10. The molecule has 4 heterocycles. The van der Waals surface area contributed by atoms with Crippen LogP contribution in [0.15, 0.2) is 55.0 Å². The second-order valence-corrected chi connectivity index (χ2v) is 9.59. The van der Waals surface area contributed by atoms with E-state index in [0.717, 1.165) is 53.9 Å². The lowest BCUT2D eigenvalue weighted by atomic mass is 9.95. The Kier molecular flexibility index (Phi) is 6.49. The number of nitrogens with zero attached hydrogens (tertiary/aromatic N) is 5. The topological polar surface area (TPSA) is 111 Å². The van der Waals surface area contributed by atoms with Gasteiger partial charge in [0.1, 0.15) is 5.52 Å². The molecule has 0 aliphatic carbocycles. The van der Waals surface area contributed by atoms with Crippen molar-refractivity contribution in [2.75, 3.05) is 18.5 Å². The van der Waals surface area contributed by atoms with Crippen molar-refractivity contribution < 1.29 is 5.11 Å². The Labute approximate surface area is 205 Å². The molecule has 0 amide bonds. The van der Waals surface area contributed by atoms with Gasteiger partial charge in [-0.1, -0.05) is 37.3 Å². The Balaban J connectivity index is 1.41. The van der Waals surface area contributed by atoms with Crippen LogP contribution >= 0.6 is 0 Å². The Hall–Kier alpha value is -3.36. The fourth-order valence-electron chi connectivity index (χ4n) is 4.45. The van der Waals surface area contributed by atoms with E-state index in [-0.39, 0.29) is 24.2 Å². The highest BCUT2D eigenvalue weighted by molar-refractivity contribution is 5.77. The molecule has 3 aromatic heterocycles. The molecule has 35 heavy (non-hydrogen) atoms. The largest absolute Gasteiger partial charge is 0.394 e. The van der Waals surface area contributed by atoms with E-state index in [1.807, 2.05) is 37.6 Å². The molecule has 1 saturated heterocycles. The van der Waals surface area contributed by atoms with Gasteiger partial charge in [-0.05, 0) is 50.8 Å². The maximum absolute atomic E-state index is 9.70. The molecular weight excluding hydrogens is 438 g/mol. The molecule has 2 unspecified atom stereocenters. The third-order valence-corrected chi connectivity index (χ3v) is 6.84. The summed E-state index contributed by atoms with van der Waals surface area (Å²) >= 11 is 0. The van der Waals surface area contributed by atoms with Crippen LogP contribution in [0.4, 0.5) is 5.95 Å². The summed E-state index contributed by atoms with van der Waals surface area (Å²) in [6, 6.07) is 14.8. The minimum atomic E-state index is -0.228. The molecule has 0 spiro atoms. The minimum absolute atomic E-state index is 0.0363. The number of aryl methyl sites for hydroxylation is 1. The van der Waals surface area contributed by atoms with E-state index in [2.05, 4.69) is 58.3 Å². The molecule has 8 nitrogen and oxygen atoms in total. The molecular formula is C27H33N7O. The van der Waals surface area contributed by atoms with E-state index in [9.17, 15) is 5.11 Å². The number of pyridine rings is 1. The number of benzene rings is 1. The van der Waals surface area contributed by atoms with Gasteiger partial charge in [0.25, 0.3) is 0 Å². The molecule has 0 bridgehead atoms. The Bertz CT molecular complexity index is 1280. The van der Waals surface area contributed by atoms with Gasteiger partial charge in [-0.2, -0.15) is 4.98 Å². The zero-order valence-electron chi connectivity index (χ0n) is 20.6. The number of aliphatic hydroxyl groups is 1. The molecule has 1 fully saturated rings.